The van der Waals surface area contributed by atoms with Gasteiger partial charge in [0.2, 0.25) is 5.91 Å². The molecule has 1 saturated heterocycles. The van der Waals surface area contributed by atoms with Gasteiger partial charge >= 0.3 is 0 Å². The maximum absolute atomic E-state index is 12.5. The molecule has 1 aliphatic heterocycles. The first-order valence-corrected chi connectivity index (χ1v) is 13.8. The number of hydrogen-bond donors (Lipinski definition) is 1. The molecule has 3 heterocycles. The van der Waals surface area contributed by atoms with E-state index in [-0.39, 0.29) is 29.1 Å². The van der Waals surface area contributed by atoms with Gasteiger partial charge in [-0.05, 0) is 36.2 Å². The highest BCUT2D eigenvalue weighted by Crippen LogP contribution is 2.29. The van der Waals surface area contributed by atoms with Gasteiger partial charge in [-0.15, -0.1) is 22.0 Å². The first-order valence-electron chi connectivity index (χ1n) is 10.0. The van der Waals surface area contributed by atoms with E-state index in [2.05, 4.69) is 20.5 Å². The van der Waals surface area contributed by atoms with Crippen LogP contribution in [0.25, 0.3) is 0 Å². The molecule has 1 aromatic carbocycles. The Morgan fingerprint density at radius 3 is 2.81 bits per heavy atom. The van der Waals surface area contributed by atoms with E-state index in [1.165, 1.54) is 11.8 Å². The van der Waals surface area contributed by atoms with E-state index in [0.717, 1.165) is 22.0 Å². The van der Waals surface area contributed by atoms with Crippen molar-refractivity contribution in [3.05, 3.63) is 60.0 Å². The van der Waals surface area contributed by atoms with Gasteiger partial charge in [0.05, 0.1) is 22.3 Å². The number of anilines is 1. The molecular weight excluding hydrogens is 466 g/mol. The van der Waals surface area contributed by atoms with Crippen molar-refractivity contribution in [3.8, 4) is 0 Å². The molecule has 1 amide bonds. The van der Waals surface area contributed by atoms with Crippen LogP contribution >= 0.6 is 23.5 Å². The number of aromatic nitrogens is 4. The fourth-order valence-electron chi connectivity index (χ4n) is 3.46. The third-order valence-electron chi connectivity index (χ3n) is 5.03. The van der Waals surface area contributed by atoms with Crippen molar-refractivity contribution in [2.75, 3.05) is 22.6 Å². The number of thioether (sulfide) groups is 2. The minimum Gasteiger partial charge on any atom is -0.325 e. The van der Waals surface area contributed by atoms with Gasteiger partial charge in [0.15, 0.2) is 15.0 Å². The van der Waals surface area contributed by atoms with Gasteiger partial charge in [0.1, 0.15) is 5.82 Å². The maximum atomic E-state index is 12.5. The predicted octanol–water partition coefficient (Wildman–Crippen LogP) is 3.14. The second-order valence-corrected chi connectivity index (χ2v) is 11.7. The van der Waals surface area contributed by atoms with E-state index < -0.39 is 9.84 Å². The lowest BCUT2D eigenvalue weighted by Gasteiger charge is -2.09. The largest absolute Gasteiger partial charge is 0.325 e. The summed E-state index contributed by atoms with van der Waals surface area (Å²) >= 11 is 2.92. The standard InChI is InChI=1S/C21H23N5O3S3/c1-26-20(16-8-10-32(28,29)14-16)24-25-21(26)31-13-18(27)23-17-6-4-5-15(11-17)12-30-19-7-2-3-9-22-19/h2-7,9,11,16H,8,10,12-14H2,1H3,(H,23,27). The topological polar surface area (TPSA) is 107 Å². The molecule has 32 heavy (non-hydrogen) atoms. The van der Waals surface area contributed by atoms with Crippen molar-refractivity contribution in [2.45, 2.75) is 28.3 Å². The number of nitrogens with zero attached hydrogens (tertiary/aromatic N) is 4. The fourth-order valence-corrected chi connectivity index (χ4v) is 6.72. The zero-order valence-corrected chi connectivity index (χ0v) is 19.9. The van der Waals surface area contributed by atoms with Gasteiger partial charge in [-0.25, -0.2) is 13.4 Å². The van der Waals surface area contributed by atoms with Crippen LogP contribution in [-0.2, 0) is 27.4 Å². The highest BCUT2D eigenvalue weighted by molar-refractivity contribution is 7.99. The van der Waals surface area contributed by atoms with Crippen molar-refractivity contribution in [3.63, 3.8) is 0 Å². The number of sulfone groups is 1. The smallest absolute Gasteiger partial charge is 0.234 e. The second-order valence-electron chi connectivity index (χ2n) is 7.49. The summed E-state index contributed by atoms with van der Waals surface area (Å²) in [5.74, 6) is 1.63. The molecule has 3 aromatic rings. The number of nitrogens with one attached hydrogen (secondary N) is 1. The first kappa shape index (κ1) is 22.8. The van der Waals surface area contributed by atoms with Gasteiger partial charge in [-0.2, -0.15) is 0 Å². The molecule has 11 heteroatoms. The van der Waals surface area contributed by atoms with Crippen molar-refractivity contribution in [2.24, 2.45) is 7.05 Å². The van der Waals surface area contributed by atoms with Gasteiger partial charge in [0.25, 0.3) is 0 Å². The molecule has 1 aliphatic rings. The fraction of sp³-hybridized carbons (Fsp3) is 0.333. The Morgan fingerprint density at radius 2 is 2.06 bits per heavy atom. The molecule has 8 nitrogen and oxygen atoms in total. The molecule has 0 radical (unpaired) electrons. The SMILES string of the molecule is Cn1c(SCC(=O)Nc2cccc(CSc3ccccn3)c2)nnc1C1CCS(=O)(=O)C1. The van der Waals surface area contributed by atoms with Crippen molar-refractivity contribution in [1.29, 1.82) is 0 Å². The zero-order valence-electron chi connectivity index (χ0n) is 17.5. The van der Waals surface area contributed by atoms with E-state index in [9.17, 15) is 13.2 Å². The third-order valence-corrected chi connectivity index (χ3v) is 8.84. The van der Waals surface area contributed by atoms with Crippen LogP contribution in [-0.4, -0.2) is 51.3 Å². The predicted molar refractivity (Wildman–Crippen MR) is 127 cm³/mol. The number of amides is 1. The highest BCUT2D eigenvalue weighted by Gasteiger charge is 2.32. The quantitative estimate of drug-likeness (QED) is 0.481. The Balaban J connectivity index is 1.30. The van der Waals surface area contributed by atoms with E-state index >= 15 is 0 Å². The summed E-state index contributed by atoms with van der Waals surface area (Å²) < 4.78 is 25.3. The van der Waals surface area contributed by atoms with E-state index in [0.29, 0.717) is 17.4 Å². The lowest BCUT2D eigenvalue weighted by atomic mass is 10.1. The normalized spacial score (nSPS) is 17.3. The molecule has 1 fully saturated rings. The number of carbonyl (C=O) groups is 1. The Hall–Kier alpha value is -2.37. The van der Waals surface area contributed by atoms with Crippen LogP contribution in [0.3, 0.4) is 0 Å². The van der Waals surface area contributed by atoms with Gasteiger partial charge in [0, 0.05) is 30.6 Å². The Kier molecular flexibility index (Phi) is 7.17. The summed E-state index contributed by atoms with van der Waals surface area (Å²) in [5, 5.41) is 12.8. The van der Waals surface area contributed by atoms with E-state index in [1.807, 2.05) is 49.5 Å². The minimum atomic E-state index is -2.99. The molecule has 1 N–H and O–H groups in total. The minimum absolute atomic E-state index is 0.110. The van der Waals surface area contributed by atoms with Crippen molar-refractivity contribution >= 4 is 45.0 Å². The number of benzene rings is 1. The molecule has 4 rings (SSSR count). The molecule has 2 aromatic heterocycles. The summed E-state index contributed by atoms with van der Waals surface area (Å²) in [6.07, 6.45) is 2.33. The van der Waals surface area contributed by atoms with Gasteiger partial charge < -0.3 is 9.88 Å². The second kappa shape index (κ2) is 10.1. The van der Waals surface area contributed by atoms with Crippen LogP contribution in [0.2, 0.25) is 0 Å². The number of rotatable bonds is 8. The third kappa shape index (κ3) is 5.90. The van der Waals surface area contributed by atoms with Crippen LogP contribution in [0, 0.1) is 0 Å². The van der Waals surface area contributed by atoms with Crippen molar-refractivity contribution in [1.82, 2.24) is 19.7 Å². The van der Waals surface area contributed by atoms with Crippen molar-refractivity contribution < 1.29 is 13.2 Å². The average Bonchev–Trinajstić information content (AvgIpc) is 3.33. The molecule has 1 unspecified atom stereocenters. The summed E-state index contributed by atoms with van der Waals surface area (Å²) in [4.78, 5) is 16.8. The molecule has 0 bridgehead atoms. The summed E-state index contributed by atoms with van der Waals surface area (Å²) in [6.45, 7) is 0. The maximum Gasteiger partial charge on any atom is 0.234 e. The zero-order chi connectivity index (χ0) is 22.6. The van der Waals surface area contributed by atoms with Crippen LogP contribution in [0.4, 0.5) is 5.69 Å². The highest BCUT2D eigenvalue weighted by atomic mass is 32.2. The van der Waals surface area contributed by atoms with Crippen LogP contribution in [0.5, 0.6) is 0 Å². The Bertz CT molecular complexity index is 1200. The Morgan fingerprint density at radius 1 is 1.19 bits per heavy atom. The van der Waals surface area contributed by atoms with E-state index in [1.54, 1.807) is 22.5 Å². The van der Waals surface area contributed by atoms with E-state index in [4.69, 9.17) is 0 Å². The van der Waals surface area contributed by atoms with Crippen LogP contribution in [0.15, 0.2) is 58.8 Å². The number of pyridine rings is 1. The lowest BCUT2D eigenvalue weighted by molar-refractivity contribution is -0.113. The molecule has 168 valence electrons. The lowest BCUT2D eigenvalue weighted by Crippen LogP contribution is -2.15. The molecule has 0 saturated carbocycles. The van der Waals surface area contributed by atoms with Gasteiger partial charge in [-0.1, -0.05) is 30.0 Å². The number of hydrogen-bond acceptors (Lipinski definition) is 8. The van der Waals surface area contributed by atoms with Crippen LogP contribution < -0.4 is 5.32 Å². The molecule has 0 aliphatic carbocycles. The van der Waals surface area contributed by atoms with Crippen LogP contribution in [0.1, 0.15) is 23.7 Å². The Labute approximate surface area is 195 Å². The molecule has 0 spiro atoms. The summed E-state index contributed by atoms with van der Waals surface area (Å²) in [6, 6.07) is 13.6. The van der Waals surface area contributed by atoms with Gasteiger partial charge in [-0.3, -0.25) is 4.79 Å². The molecular formula is C21H23N5O3S3. The molecule has 1 atom stereocenters. The first-order chi connectivity index (χ1) is 15.4. The average molecular weight is 490 g/mol. The summed E-state index contributed by atoms with van der Waals surface area (Å²) in [5.41, 5.74) is 1.83. The monoisotopic (exact) mass is 489 g/mol. The summed E-state index contributed by atoms with van der Waals surface area (Å²) in [7, 11) is -1.18. The number of carbonyl (C=O) groups excluding carboxylic acids is 1.